The van der Waals surface area contributed by atoms with Crippen LogP contribution in [0.3, 0.4) is 0 Å². The first-order chi connectivity index (χ1) is 8.48. The van der Waals surface area contributed by atoms with E-state index in [9.17, 15) is 0 Å². The Balaban J connectivity index is 1.95. The van der Waals surface area contributed by atoms with E-state index in [1.165, 1.54) is 0 Å². The zero-order chi connectivity index (χ0) is 13.2. The molecule has 1 fully saturated rings. The van der Waals surface area contributed by atoms with Crippen molar-refractivity contribution in [1.29, 1.82) is 0 Å². The van der Waals surface area contributed by atoms with Gasteiger partial charge in [0.2, 0.25) is 5.89 Å². The average Bonchev–Trinajstić information content (AvgIpc) is 2.62. The molecular weight excluding hydrogens is 230 g/mol. The van der Waals surface area contributed by atoms with Crippen LogP contribution < -0.4 is 0 Å². The molecular formula is C13H23N3O2. The van der Waals surface area contributed by atoms with Gasteiger partial charge < -0.3 is 9.26 Å². The molecule has 0 amide bonds. The summed E-state index contributed by atoms with van der Waals surface area (Å²) in [5.74, 6) is 1.52. The highest BCUT2D eigenvalue weighted by Gasteiger charge is 2.31. The zero-order valence-electron chi connectivity index (χ0n) is 11.8. The predicted octanol–water partition coefficient (Wildman–Crippen LogP) is 2.02. The molecule has 102 valence electrons. The summed E-state index contributed by atoms with van der Waals surface area (Å²) >= 11 is 0. The third-order valence-electron chi connectivity index (χ3n) is 2.98. The summed E-state index contributed by atoms with van der Waals surface area (Å²) in [4.78, 5) is 6.73. The molecule has 5 heteroatoms. The number of nitrogens with zero attached hydrogens (tertiary/aromatic N) is 3. The lowest BCUT2D eigenvalue weighted by molar-refractivity contribution is -0.131. The van der Waals surface area contributed by atoms with Crippen LogP contribution in [0.25, 0.3) is 0 Å². The molecule has 1 saturated heterocycles. The molecule has 2 rings (SSSR count). The minimum Gasteiger partial charge on any atom is -0.370 e. The van der Waals surface area contributed by atoms with E-state index < -0.39 is 0 Å². The molecule has 18 heavy (non-hydrogen) atoms. The lowest BCUT2D eigenvalue weighted by atomic mass is 10.1. The summed E-state index contributed by atoms with van der Waals surface area (Å²) in [6.07, 6.45) is 2.14. The summed E-state index contributed by atoms with van der Waals surface area (Å²) in [5, 5.41) is 4.03. The molecule has 1 aliphatic heterocycles. The van der Waals surface area contributed by atoms with Crippen molar-refractivity contribution in [3.8, 4) is 0 Å². The van der Waals surface area contributed by atoms with Gasteiger partial charge in [-0.3, -0.25) is 4.90 Å². The quantitative estimate of drug-likeness (QED) is 0.821. The van der Waals surface area contributed by atoms with Crippen molar-refractivity contribution >= 4 is 0 Å². The fourth-order valence-electron chi connectivity index (χ4n) is 2.58. The Morgan fingerprint density at radius 3 is 2.89 bits per heavy atom. The number of hydrogen-bond donors (Lipinski definition) is 0. The molecule has 0 N–H and O–H groups in total. The van der Waals surface area contributed by atoms with Crippen molar-refractivity contribution in [2.24, 2.45) is 0 Å². The molecule has 0 saturated carbocycles. The first-order valence-electron chi connectivity index (χ1n) is 6.70. The van der Waals surface area contributed by atoms with Gasteiger partial charge >= 0.3 is 0 Å². The third kappa shape index (κ3) is 3.53. The highest BCUT2D eigenvalue weighted by atomic mass is 16.5. The van der Waals surface area contributed by atoms with Crippen LogP contribution in [-0.4, -0.2) is 39.8 Å². The van der Waals surface area contributed by atoms with E-state index in [1.54, 1.807) is 0 Å². The number of hydrogen-bond acceptors (Lipinski definition) is 5. The van der Waals surface area contributed by atoms with Crippen LogP contribution in [0.5, 0.6) is 0 Å². The van der Waals surface area contributed by atoms with E-state index in [4.69, 9.17) is 9.26 Å². The molecule has 0 bridgehead atoms. The molecule has 1 aliphatic rings. The number of rotatable bonds is 4. The Kier molecular flexibility index (Phi) is 4.02. The summed E-state index contributed by atoms with van der Waals surface area (Å²) in [5.41, 5.74) is -0.104. The Morgan fingerprint density at radius 1 is 1.44 bits per heavy atom. The Labute approximate surface area is 108 Å². The van der Waals surface area contributed by atoms with Crippen molar-refractivity contribution in [2.75, 3.05) is 13.1 Å². The van der Waals surface area contributed by atoms with Gasteiger partial charge in [0.05, 0.1) is 18.2 Å². The van der Waals surface area contributed by atoms with Crippen LogP contribution in [0, 0.1) is 0 Å². The lowest BCUT2D eigenvalue weighted by Gasteiger charge is -2.41. The van der Waals surface area contributed by atoms with E-state index in [0.29, 0.717) is 0 Å². The molecule has 0 aromatic carbocycles. The number of aromatic nitrogens is 2. The maximum atomic E-state index is 5.88. The molecule has 1 aromatic heterocycles. The lowest BCUT2D eigenvalue weighted by Crippen LogP contribution is -2.51. The van der Waals surface area contributed by atoms with Gasteiger partial charge in [-0.2, -0.15) is 4.98 Å². The smallest absolute Gasteiger partial charge is 0.226 e. The summed E-state index contributed by atoms with van der Waals surface area (Å²) in [7, 11) is 0. The van der Waals surface area contributed by atoms with Crippen molar-refractivity contribution in [1.82, 2.24) is 15.0 Å². The normalized spacial score (nSPS) is 24.3. The predicted molar refractivity (Wildman–Crippen MR) is 68.2 cm³/mol. The highest BCUT2D eigenvalue weighted by molar-refractivity contribution is 4.90. The van der Waals surface area contributed by atoms with Crippen molar-refractivity contribution in [2.45, 2.75) is 58.8 Å². The fourth-order valence-corrected chi connectivity index (χ4v) is 2.58. The van der Waals surface area contributed by atoms with E-state index >= 15 is 0 Å². The largest absolute Gasteiger partial charge is 0.370 e. The molecule has 1 unspecified atom stereocenters. The molecule has 1 atom stereocenters. The van der Waals surface area contributed by atoms with E-state index in [0.717, 1.165) is 44.2 Å². The second-order valence-corrected chi connectivity index (χ2v) is 5.71. The SMILES string of the molecule is CCCc1nc(CN2CC(C)OC(C)(C)C2)no1. The number of morpholine rings is 1. The second kappa shape index (κ2) is 5.36. The molecule has 0 radical (unpaired) electrons. The van der Waals surface area contributed by atoms with E-state index in [-0.39, 0.29) is 11.7 Å². The van der Waals surface area contributed by atoms with Crippen LogP contribution in [0.15, 0.2) is 4.52 Å². The molecule has 5 nitrogen and oxygen atoms in total. The summed E-state index contributed by atoms with van der Waals surface area (Å²) in [6.45, 7) is 11.0. The van der Waals surface area contributed by atoms with E-state index in [2.05, 4.69) is 42.7 Å². The van der Waals surface area contributed by atoms with Gasteiger partial charge in [-0.1, -0.05) is 12.1 Å². The minimum absolute atomic E-state index is 0.104. The van der Waals surface area contributed by atoms with Crippen molar-refractivity contribution < 1.29 is 9.26 Å². The zero-order valence-corrected chi connectivity index (χ0v) is 11.8. The maximum absolute atomic E-state index is 5.88. The molecule has 0 spiro atoms. The molecule has 2 heterocycles. The Morgan fingerprint density at radius 2 is 2.22 bits per heavy atom. The van der Waals surface area contributed by atoms with Crippen LogP contribution in [0.4, 0.5) is 0 Å². The van der Waals surface area contributed by atoms with Gasteiger partial charge in [0.25, 0.3) is 0 Å². The third-order valence-corrected chi connectivity index (χ3v) is 2.98. The van der Waals surface area contributed by atoms with Crippen molar-refractivity contribution in [3.63, 3.8) is 0 Å². The van der Waals surface area contributed by atoms with Gasteiger partial charge in [0.15, 0.2) is 5.82 Å². The number of ether oxygens (including phenoxy) is 1. The van der Waals surface area contributed by atoms with Crippen molar-refractivity contribution in [3.05, 3.63) is 11.7 Å². The van der Waals surface area contributed by atoms with Crippen LogP contribution in [-0.2, 0) is 17.7 Å². The number of aryl methyl sites for hydroxylation is 1. The van der Waals surface area contributed by atoms with Crippen LogP contribution >= 0.6 is 0 Å². The first-order valence-corrected chi connectivity index (χ1v) is 6.70. The Bertz CT molecular complexity index is 389. The van der Waals surface area contributed by atoms with Crippen LogP contribution in [0.2, 0.25) is 0 Å². The molecule has 0 aliphatic carbocycles. The standard InChI is InChI=1S/C13H23N3O2/c1-5-6-12-14-11(15-18-12)8-16-7-10(2)17-13(3,4)9-16/h10H,5-9H2,1-4H3. The summed E-state index contributed by atoms with van der Waals surface area (Å²) in [6, 6.07) is 0. The van der Waals surface area contributed by atoms with Gasteiger partial charge in [-0.25, -0.2) is 0 Å². The van der Waals surface area contributed by atoms with Gasteiger partial charge in [-0.05, 0) is 27.2 Å². The van der Waals surface area contributed by atoms with Crippen LogP contribution in [0.1, 0.15) is 45.8 Å². The van der Waals surface area contributed by atoms with Gasteiger partial charge in [0, 0.05) is 19.5 Å². The van der Waals surface area contributed by atoms with Gasteiger partial charge in [-0.15, -0.1) is 0 Å². The topological polar surface area (TPSA) is 51.4 Å². The second-order valence-electron chi connectivity index (χ2n) is 5.71. The fraction of sp³-hybridized carbons (Fsp3) is 0.846. The maximum Gasteiger partial charge on any atom is 0.226 e. The Hall–Kier alpha value is -0.940. The first kappa shape index (κ1) is 13.5. The summed E-state index contributed by atoms with van der Waals surface area (Å²) < 4.78 is 11.1. The highest BCUT2D eigenvalue weighted by Crippen LogP contribution is 2.21. The monoisotopic (exact) mass is 253 g/mol. The molecule has 1 aromatic rings. The van der Waals surface area contributed by atoms with E-state index in [1.807, 2.05) is 0 Å². The minimum atomic E-state index is -0.104. The van der Waals surface area contributed by atoms with Gasteiger partial charge in [0.1, 0.15) is 0 Å². The average molecular weight is 253 g/mol.